The summed E-state index contributed by atoms with van der Waals surface area (Å²) in [6.45, 7) is 0. The molecule has 0 aromatic heterocycles. The zero-order valence-corrected chi connectivity index (χ0v) is 11.6. The molecule has 0 heterocycles. The summed E-state index contributed by atoms with van der Waals surface area (Å²) in [6, 6.07) is 5.52. The van der Waals surface area contributed by atoms with Gasteiger partial charge in [0.05, 0.1) is 0 Å². The molecule has 0 spiro atoms. The summed E-state index contributed by atoms with van der Waals surface area (Å²) in [5, 5.41) is 12.5. The number of carboxylic acid groups (broad SMARTS) is 1. The van der Waals surface area contributed by atoms with Gasteiger partial charge in [0.25, 0.3) is 0 Å². The van der Waals surface area contributed by atoms with Crippen molar-refractivity contribution < 1.29 is 14.7 Å². The molecule has 4 nitrogen and oxygen atoms in total. The lowest BCUT2D eigenvalue weighted by Crippen LogP contribution is -2.35. The summed E-state index contributed by atoms with van der Waals surface area (Å²) in [6.07, 6.45) is 3.34. The van der Waals surface area contributed by atoms with E-state index in [1.54, 1.807) is 24.3 Å². The van der Waals surface area contributed by atoms with E-state index >= 15 is 0 Å². The third-order valence-corrected chi connectivity index (χ3v) is 4.39. The molecule has 0 bridgehead atoms. The minimum absolute atomic E-state index is 0.0108. The molecule has 1 amide bonds. The molecular formula is C15H16ClNO3. The predicted octanol–water partition coefficient (Wildman–Crippen LogP) is 2.63. The molecule has 1 aromatic carbocycles. The van der Waals surface area contributed by atoms with Crippen LogP contribution >= 0.6 is 11.6 Å². The van der Waals surface area contributed by atoms with Crippen molar-refractivity contribution in [1.29, 1.82) is 0 Å². The van der Waals surface area contributed by atoms with E-state index in [4.69, 9.17) is 11.6 Å². The molecule has 3 atom stereocenters. The first-order chi connectivity index (χ1) is 9.56. The summed E-state index contributed by atoms with van der Waals surface area (Å²) < 4.78 is 0. The second kappa shape index (κ2) is 5.09. The predicted molar refractivity (Wildman–Crippen MR) is 74.3 cm³/mol. The van der Waals surface area contributed by atoms with Gasteiger partial charge in [0, 0.05) is 10.9 Å². The molecule has 3 rings (SSSR count). The largest absolute Gasteiger partial charge is 0.479 e. The molecule has 2 fully saturated rings. The van der Waals surface area contributed by atoms with Gasteiger partial charge >= 0.3 is 5.97 Å². The Hall–Kier alpha value is -1.55. The molecule has 106 valence electrons. The Morgan fingerprint density at radius 2 is 1.90 bits per heavy atom. The van der Waals surface area contributed by atoms with Crippen LogP contribution in [0.5, 0.6) is 0 Å². The van der Waals surface area contributed by atoms with Gasteiger partial charge in [0.15, 0.2) is 6.04 Å². The van der Waals surface area contributed by atoms with Crippen molar-refractivity contribution in [2.75, 3.05) is 0 Å². The molecule has 2 aliphatic rings. The molecule has 0 radical (unpaired) electrons. The average molecular weight is 294 g/mol. The van der Waals surface area contributed by atoms with Crippen LogP contribution in [0.15, 0.2) is 24.3 Å². The molecule has 0 saturated heterocycles. The highest BCUT2D eigenvalue weighted by Crippen LogP contribution is 2.54. The Morgan fingerprint density at radius 3 is 2.45 bits per heavy atom. The van der Waals surface area contributed by atoms with Gasteiger partial charge in [-0.15, -0.1) is 0 Å². The van der Waals surface area contributed by atoms with E-state index in [1.807, 2.05) is 0 Å². The number of hydrogen-bond donors (Lipinski definition) is 2. The van der Waals surface area contributed by atoms with Crippen LogP contribution < -0.4 is 5.32 Å². The van der Waals surface area contributed by atoms with Gasteiger partial charge in [-0.25, -0.2) is 4.79 Å². The van der Waals surface area contributed by atoms with Crippen molar-refractivity contribution >= 4 is 23.5 Å². The molecule has 2 aliphatic carbocycles. The fourth-order valence-electron chi connectivity index (χ4n) is 2.75. The lowest BCUT2D eigenvalue weighted by Gasteiger charge is -2.15. The zero-order valence-electron chi connectivity index (χ0n) is 10.9. The van der Waals surface area contributed by atoms with Gasteiger partial charge < -0.3 is 10.4 Å². The summed E-state index contributed by atoms with van der Waals surface area (Å²) in [5.41, 5.74) is 0.541. The lowest BCUT2D eigenvalue weighted by atomic mass is 10.1. The summed E-state index contributed by atoms with van der Waals surface area (Å²) in [7, 11) is 0. The first kappa shape index (κ1) is 13.4. The molecule has 20 heavy (non-hydrogen) atoms. The van der Waals surface area contributed by atoms with E-state index in [9.17, 15) is 14.7 Å². The standard InChI is InChI=1S/C15H16ClNO3/c16-10-5-3-9(4-6-10)13(15(19)20)17-14(18)12-7-11(12)8-1-2-8/h3-6,8,11-13H,1-2,7H2,(H,17,18)(H,19,20). The topological polar surface area (TPSA) is 66.4 Å². The van der Waals surface area contributed by atoms with Gasteiger partial charge in [-0.1, -0.05) is 23.7 Å². The van der Waals surface area contributed by atoms with Gasteiger partial charge in [0.2, 0.25) is 5.91 Å². The van der Waals surface area contributed by atoms with Crippen LogP contribution in [0.1, 0.15) is 30.9 Å². The van der Waals surface area contributed by atoms with E-state index in [2.05, 4.69) is 5.32 Å². The Kier molecular flexibility index (Phi) is 3.42. The molecule has 3 unspecified atom stereocenters. The van der Waals surface area contributed by atoms with Crippen LogP contribution in [0.2, 0.25) is 5.02 Å². The Bertz CT molecular complexity index is 539. The van der Waals surface area contributed by atoms with E-state index in [-0.39, 0.29) is 11.8 Å². The number of carboxylic acids is 1. The maximum Gasteiger partial charge on any atom is 0.330 e. The van der Waals surface area contributed by atoms with Crippen LogP contribution in [-0.2, 0) is 9.59 Å². The van der Waals surface area contributed by atoms with E-state index in [0.717, 1.165) is 6.42 Å². The quantitative estimate of drug-likeness (QED) is 0.877. The zero-order chi connectivity index (χ0) is 14.3. The average Bonchev–Trinajstić information content (AvgIpc) is 3.27. The first-order valence-corrected chi connectivity index (χ1v) is 7.22. The second-order valence-corrected chi connectivity index (χ2v) is 6.11. The fourth-order valence-corrected chi connectivity index (χ4v) is 2.88. The number of halogens is 1. The number of amides is 1. The Labute approximate surface area is 122 Å². The number of carbonyl (C=O) groups is 2. The number of benzene rings is 1. The highest BCUT2D eigenvalue weighted by Gasteiger charge is 2.51. The summed E-state index contributed by atoms with van der Waals surface area (Å²) in [5.74, 6) is 0.00409. The third kappa shape index (κ3) is 2.80. The van der Waals surface area contributed by atoms with Crippen molar-refractivity contribution in [2.45, 2.75) is 25.3 Å². The van der Waals surface area contributed by atoms with Crippen LogP contribution in [0.25, 0.3) is 0 Å². The maximum atomic E-state index is 12.1. The van der Waals surface area contributed by atoms with E-state index < -0.39 is 12.0 Å². The van der Waals surface area contributed by atoms with Crippen molar-refractivity contribution in [3.63, 3.8) is 0 Å². The van der Waals surface area contributed by atoms with Crippen LogP contribution in [0.3, 0.4) is 0 Å². The van der Waals surface area contributed by atoms with Gasteiger partial charge in [0.1, 0.15) is 0 Å². The summed E-state index contributed by atoms with van der Waals surface area (Å²) >= 11 is 5.79. The molecular weight excluding hydrogens is 278 g/mol. The van der Waals surface area contributed by atoms with Crippen molar-refractivity contribution in [3.8, 4) is 0 Å². The molecule has 5 heteroatoms. The smallest absolute Gasteiger partial charge is 0.330 e. The Balaban J connectivity index is 1.66. The number of carbonyl (C=O) groups excluding carboxylic acids is 1. The number of aliphatic carboxylic acids is 1. The number of nitrogens with one attached hydrogen (secondary N) is 1. The second-order valence-electron chi connectivity index (χ2n) is 5.67. The minimum atomic E-state index is -1.05. The molecule has 2 saturated carbocycles. The first-order valence-electron chi connectivity index (χ1n) is 6.85. The fraction of sp³-hybridized carbons (Fsp3) is 0.467. The monoisotopic (exact) mass is 293 g/mol. The van der Waals surface area contributed by atoms with Crippen molar-refractivity contribution in [3.05, 3.63) is 34.9 Å². The number of rotatable bonds is 5. The van der Waals surface area contributed by atoms with Crippen LogP contribution in [-0.4, -0.2) is 17.0 Å². The highest BCUT2D eigenvalue weighted by atomic mass is 35.5. The highest BCUT2D eigenvalue weighted by molar-refractivity contribution is 6.30. The van der Waals surface area contributed by atoms with Gasteiger partial charge in [-0.2, -0.15) is 0 Å². The van der Waals surface area contributed by atoms with Crippen molar-refractivity contribution in [1.82, 2.24) is 5.32 Å². The maximum absolute atomic E-state index is 12.1. The normalized spacial score (nSPS) is 25.9. The van der Waals surface area contributed by atoms with Gasteiger partial charge in [-0.3, -0.25) is 4.79 Å². The lowest BCUT2D eigenvalue weighted by molar-refractivity contribution is -0.142. The number of hydrogen-bond acceptors (Lipinski definition) is 2. The van der Waals surface area contributed by atoms with Gasteiger partial charge in [-0.05, 0) is 48.8 Å². The van der Waals surface area contributed by atoms with E-state index in [0.29, 0.717) is 22.4 Å². The molecule has 1 aromatic rings. The Morgan fingerprint density at radius 1 is 1.25 bits per heavy atom. The van der Waals surface area contributed by atoms with E-state index in [1.165, 1.54) is 12.8 Å². The summed E-state index contributed by atoms with van der Waals surface area (Å²) in [4.78, 5) is 23.4. The van der Waals surface area contributed by atoms with Crippen LogP contribution in [0.4, 0.5) is 0 Å². The third-order valence-electron chi connectivity index (χ3n) is 4.14. The van der Waals surface area contributed by atoms with Crippen LogP contribution in [0, 0.1) is 17.8 Å². The minimum Gasteiger partial charge on any atom is -0.479 e. The van der Waals surface area contributed by atoms with Crippen molar-refractivity contribution in [2.24, 2.45) is 17.8 Å². The molecule has 2 N–H and O–H groups in total. The molecule has 0 aliphatic heterocycles. The SMILES string of the molecule is O=C(O)C(NC(=O)C1CC1C1CC1)c1ccc(Cl)cc1.